The third-order valence-corrected chi connectivity index (χ3v) is 11.6. The first-order valence-corrected chi connectivity index (χ1v) is 15.3. The van der Waals surface area contributed by atoms with E-state index in [2.05, 4.69) is 0 Å². The minimum absolute atomic E-state index is 0.00762. The SMILES string of the molecule is [2H]c1c2c(cc3ccccc13)[C@H](S(=O)(=O)c1ccc(C)cc1)[C@](C)(C(=O)OC)N(S(=O)(=O)c1ccc(C)cc1)C2. The highest BCUT2D eigenvalue weighted by Crippen LogP contribution is 2.50. The van der Waals surface area contributed by atoms with Gasteiger partial charge in [0.1, 0.15) is 5.25 Å². The van der Waals surface area contributed by atoms with Crippen molar-refractivity contribution in [1.82, 2.24) is 4.31 Å². The van der Waals surface area contributed by atoms with E-state index in [1.54, 1.807) is 54.6 Å². The van der Waals surface area contributed by atoms with Crippen molar-refractivity contribution in [2.24, 2.45) is 0 Å². The summed E-state index contributed by atoms with van der Waals surface area (Å²) in [6, 6.07) is 20.9. The van der Waals surface area contributed by atoms with Crippen molar-refractivity contribution < 1.29 is 27.7 Å². The number of methoxy groups -OCH3 is 1. The van der Waals surface area contributed by atoms with Crippen molar-refractivity contribution in [1.29, 1.82) is 0 Å². The average Bonchev–Trinajstić information content (AvgIpc) is 2.92. The summed E-state index contributed by atoms with van der Waals surface area (Å²) in [6.07, 6.45) is 0. The molecule has 0 unspecified atom stereocenters. The molecule has 0 aromatic heterocycles. The first-order valence-electron chi connectivity index (χ1n) is 12.8. The lowest BCUT2D eigenvalue weighted by molar-refractivity contribution is -0.152. The number of carbonyl (C=O) groups excluding carboxylic acids is 1. The van der Waals surface area contributed by atoms with Crippen LogP contribution >= 0.6 is 0 Å². The monoisotopic (exact) mass is 564 g/mol. The maximum atomic E-state index is 14.5. The second kappa shape index (κ2) is 9.59. The molecule has 0 bridgehead atoms. The molecule has 1 aliphatic rings. The lowest BCUT2D eigenvalue weighted by Gasteiger charge is -2.46. The van der Waals surface area contributed by atoms with Crippen molar-refractivity contribution in [3.63, 3.8) is 0 Å². The molecule has 0 N–H and O–H groups in total. The molecule has 0 spiro atoms. The number of benzene rings is 4. The van der Waals surface area contributed by atoms with E-state index < -0.39 is 36.6 Å². The number of rotatable bonds is 5. The van der Waals surface area contributed by atoms with E-state index in [-0.39, 0.29) is 33.5 Å². The summed E-state index contributed by atoms with van der Waals surface area (Å²) in [5, 5.41) is -0.549. The number of sulfone groups is 1. The zero-order chi connectivity index (χ0) is 29.0. The fourth-order valence-electron chi connectivity index (χ4n) is 5.25. The van der Waals surface area contributed by atoms with E-state index in [0.29, 0.717) is 10.8 Å². The van der Waals surface area contributed by atoms with Crippen LogP contribution < -0.4 is 0 Å². The maximum absolute atomic E-state index is 14.5. The number of hydrogen-bond acceptors (Lipinski definition) is 6. The molecule has 0 amide bonds. The van der Waals surface area contributed by atoms with Crippen LogP contribution in [0.4, 0.5) is 0 Å². The third kappa shape index (κ3) is 4.34. The average molecular weight is 565 g/mol. The number of ether oxygens (including phenoxy) is 1. The van der Waals surface area contributed by atoms with Gasteiger partial charge in [0.25, 0.3) is 0 Å². The van der Waals surface area contributed by atoms with Gasteiger partial charge in [-0.25, -0.2) is 21.6 Å². The molecular formula is C30H29NO6S2. The van der Waals surface area contributed by atoms with Gasteiger partial charge in [0.05, 0.1) is 18.3 Å². The van der Waals surface area contributed by atoms with Crippen LogP contribution in [0.15, 0.2) is 94.7 Å². The molecular weight excluding hydrogens is 534 g/mol. The number of fused-ring (bicyclic) bond motifs is 2. The van der Waals surface area contributed by atoms with Crippen molar-refractivity contribution in [2.45, 2.75) is 47.9 Å². The summed E-state index contributed by atoms with van der Waals surface area (Å²) >= 11 is 0. The summed E-state index contributed by atoms with van der Waals surface area (Å²) in [7, 11) is -7.76. The predicted octanol–water partition coefficient (Wildman–Crippen LogP) is 5.11. The van der Waals surface area contributed by atoms with Crippen LogP contribution in [0.5, 0.6) is 0 Å². The van der Waals surface area contributed by atoms with Crippen molar-refractivity contribution >= 4 is 36.6 Å². The van der Waals surface area contributed by atoms with E-state index in [9.17, 15) is 21.6 Å². The highest BCUT2D eigenvalue weighted by molar-refractivity contribution is 7.92. The maximum Gasteiger partial charge on any atom is 0.328 e. The quantitative estimate of drug-likeness (QED) is 0.313. The van der Waals surface area contributed by atoms with E-state index in [1.807, 2.05) is 13.8 Å². The molecule has 2 atom stereocenters. The van der Waals surface area contributed by atoms with Gasteiger partial charge in [-0.15, -0.1) is 0 Å². The lowest BCUT2D eigenvalue weighted by atomic mass is 9.84. The van der Waals surface area contributed by atoms with Gasteiger partial charge in [-0.3, -0.25) is 0 Å². The zero-order valence-electron chi connectivity index (χ0n) is 23.0. The van der Waals surface area contributed by atoms with Gasteiger partial charge in [-0.05, 0) is 79.0 Å². The summed E-state index contributed by atoms with van der Waals surface area (Å²) < 4.78 is 72.5. The van der Waals surface area contributed by atoms with Gasteiger partial charge < -0.3 is 4.74 Å². The Morgan fingerprint density at radius 2 is 1.44 bits per heavy atom. The molecule has 4 aromatic rings. The largest absolute Gasteiger partial charge is 0.468 e. The van der Waals surface area contributed by atoms with Gasteiger partial charge in [-0.2, -0.15) is 4.31 Å². The minimum atomic E-state index is -4.45. The van der Waals surface area contributed by atoms with E-state index in [4.69, 9.17) is 6.11 Å². The molecule has 4 aromatic carbocycles. The third-order valence-electron chi connectivity index (χ3n) is 7.39. The van der Waals surface area contributed by atoms with Crippen LogP contribution in [0.25, 0.3) is 10.8 Å². The molecule has 0 radical (unpaired) electrons. The molecule has 9 heteroatoms. The van der Waals surface area contributed by atoms with Crippen LogP contribution in [0, 0.1) is 13.8 Å². The van der Waals surface area contributed by atoms with Gasteiger partial charge in [0.2, 0.25) is 10.0 Å². The summed E-state index contributed by atoms with van der Waals surface area (Å²) in [6.45, 7) is 4.54. The number of nitrogens with zero attached hydrogens (tertiary/aromatic N) is 1. The van der Waals surface area contributed by atoms with Crippen molar-refractivity contribution in [3.8, 4) is 0 Å². The Morgan fingerprint density at radius 1 is 0.897 bits per heavy atom. The Labute approximate surface area is 230 Å². The van der Waals surface area contributed by atoms with E-state index in [0.717, 1.165) is 22.5 Å². The molecule has 5 rings (SSSR count). The Morgan fingerprint density at radius 3 is 2.00 bits per heavy atom. The molecule has 39 heavy (non-hydrogen) atoms. The summed E-state index contributed by atoms with van der Waals surface area (Å²) in [4.78, 5) is 13.5. The summed E-state index contributed by atoms with van der Waals surface area (Å²) in [5.41, 5.74) is -0.117. The highest BCUT2D eigenvalue weighted by Gasteiger charge is 2.61. The molecule has 0 saturated heterocycles. The molecule has 0 aliphatic carbocycles. The first kappa shape index (κ1) is 25.7. The Hall–Kier alpha value is -3.53. The minimum Gasteiger partial charge on any atom is -0.468 e. The zero-order valence-corrected chi connectivity index (χ0v) is 23.6. The molecule has 0 fully saturated rings. The Kier molecular flexibility index (Phi) is 6.32. The topological polar surface area (TPSA) is 97.8 Å². The van der Waals surface area contributed by atoms with Crippen molar-refractivity contribution in [2.75, 3.05) is 7.11 Å². The Bertz CT molecular complexity index is 1850. The molecule has 1 aliphatic heterocycles. The molecule has 202 valence electrons. The fraction of sp³-hybridized carbons (Fsp3) is 0.233. The normalized spacial score (nSPS) is 20.3. The standard InChI is InChI=1S/C30H29NO6S2/c1-20-9-13-25(14-10-20)38(33,34)28-27-18-23-8-6-5-7-22(23)17-24(27)19-31(30(28,3)29(32)37-4)39(35,36)26-15-11-21(2)12-16-26/h5-18,28H,19H2,1-4H3/t28-,30+/m0/s1/i17D. The second-order valence-corrected chi connectivity index (χ2v) is 13.9. The van der Waals surface area contributed by atoms with Gasteiger partial charge >= 0.3 is 5.97 Å². The van der Waals surface area contributed by atoms with Crippen LogP contribution in [-0.4, -0.2) is 39.8 Å². The van der Waals surface area contributed by atoms with Crippen LogP contribution in [-0.2, 0) is 35.9 Å². The van der Waals surface area contributed by atoms with Crippen LogP contribution in [0.3, 0.4) is 0 Å². The lowest BCUT2D eigenvalue weighted by Crippen LogP contribution is -2.62. The van der Waals surface area contributed by atoms with Gasteiger partial charge in [0.15, 0.2) is 15.4 Å². The van der Waals surface area contributed by atoms with Crippen LogP contribution in [0.1, 0.15) is 35.8 Å². The predicted molar refractivity (Wildman–Crippen MR) is 149 cm³/mol. The molecule has 1 heterocycles. The number of esters is 1. The second-order valence-electron chi connectivity index (χ2n) is 9.99. The van der Waals surface area contributed by atoms with Crippen LogP contribution in [0.2, 0.25) is 0 Å². The van der Waals surface area contributed by atoms with Gasteiger partial charge in [-0.1, -0.05) is 59.7 Å². The number of carbonyl (C=O) groups is 1. The highest BCUT2D eigenvalue weighted by atomic mass is 32.2. The first-order chi connectivity index (χ1) is 18.8. The van der Waals surface area contributed by atoms with E-state index in [1.165, 1.54) is 31.2 Å². The number of sulfonamides is 1. The molecule has 7 nitrogen and oxygen atoms in total. The number of aryl methyl sites for hydroxylation is 2. The smallest absolute Gasteiger partial charge is 0.328 e. The molecule has 0 saturated carbocycles. The van der Waals surface area contributed by atoms with Gasteiger partial charge in [0, 0.05) is 6.54 Å². The van der Waals surface area contributed by atoms with Crippen molar-refractivity contribution in [3.05, 3.63) is 107 Å². The van der Waals surface area contributed by atoms with E-state index >= 15 is 0 Å². The number of hydrogen-bond donors (Lipinski definition) is 0. The Balaban J connectivity index is 1.89. The summed E-state index contributed by atoms with van der Waals surface area (Å²) in [5.74, 6) is -1.02. The fourth-order valence-corrected chi connectivity index (χ4v) is 9.19.